The summed E-state index contributed by atoms with van der Waals surface area (Å²) >= 11 is 0. The Balaban J connectivity index is 1.59. The van der Waals surface area contributed by atoms with Gasteiger partial charge in [-0.3, -0.25) is 0 Å². The highest BCUT2D eigenvalue weighted by atomic mass is 19.4. The van der Waals surface area contributed by atoms with Crippen LogP contribution in [-0.2, 0) is 17.8 Å². The van der Waals surface area contributed by atoms with E-state index < -0.39 is 28.9 Å². The molecule has 0 fully saturated rings. The zero-order valence-electron chi connectivity index (χ0n) is 19.9. The Labute approximate surface area is 213 Å². The number of aromatic nitrogens is 4. The summed E-state index contributed by atoms with van der Waals surface area (Å²) < 4.78 is 82.2. The van der Waals surface area contributed by atoms with E-state index in [0.717, 1.165) is 29.8 Å². The van der Waals surface area contributed by atoms with Gasteiger partial charge in [-0.1, -0.05) is 42.5 Å². The van der Waals surface area contributed by atoms with Gasteiger partial charge in [0, 0.05) is 12.4 Å². The van der Waals surface area contributed by atoms with Crippen LogP contribution in [0.1, 0.15) is 35.0 Å². The molecule has 0 radical (unpaired) electrons. The van der Waals surface area contributed by atoms with E-state index in [-0.39, 0.29) is 11.4 Å². The van der Waals surface area contributed by atoms with Crippen molar-refractivity contribution in [3.63, 3.8) is 0 Å². The van der Waals surface area contributed by atoms with E-state index in [9.17, 15) is 26.3 Å². The molecule has 38 heavy (non-hydrogen) atoms. The lowest BCUT2D eigenvalue weighted by Crippen LogP contribution is -2.27. The fourth-order valence-electron chi connectivity index (χ4n) is 4.32. The predicted octanol–water partition coefficient (Wildman–Crippen LogP) is 7.45. The van der Waals surface area contributed by atoms with E-state index in [1.54, 1.807) is 24.5 Å². The smallest absolute Gasteiger partial charge is 0.241 e. The summed E-state index contributed by atoms with van der Waals surface area (Å²) in [5, 5.41) is 9.22. The quantitative estimate of drug-likeness (QED) is 0.223. The normalized spacial score (nSPS) is 12.6. The lowest BCUT2D eigenvalue weighted by molar-refractivity contribution is -0.138. The van der Waals surface area contributed by atoms with Crippen LogP contribution in [0.25, 0.3) is 11.4 Å². The molecule has 0 N–H and O–H groups in total. The van der Waals surface area contributed by atoms with Crippen LogP contribution in [0.2, 0.25) is 0 Å². The van der Waals surface area contributed by atoms with Gasteiger partial charge >= 0.3 is 12.4 Å². The first-order valence-corrected chi connectivity index (χ1v) is 11.5. The zero-order valence-corrected chi connectivity index (χ0v) is 19.9. The Kier molecular flexibility index (Phi) is 6.13. The van der Waals surface area contributed by atoms with Gasteiger partial charge < -0.3 is 0 Å². The maximum Gasteiger partial charge on any atom is 0.416 e. The van der Waals surface area contributed by atoms with Crippen LogP contribution in [0.4, 0.5) is 26.3 Å². The lowest BCUT2D eigenvalue weighted by Gasteiger charge is -2.26. The third kappa shape index (κ3) is 4.69. The summed E-state index contributed by atoms with van der Waals surface area (Å²) in [6.07, 6.45) is -5.87. The van der Waals surface area contributed by atoms with Gasteiger partial charge in [0.05, 0.1) is 39.3 Å². The molecule has 0 bridgehead atoms. The Bertz CT molecular complexity index is 1470. The number of halogens is 6. The van der Waals surface area contributed by atoms with Crippen molar-refractivity contribution in [2.24, 2.45) is 0 Å². The number of benzene rings is 3. The minimum absolute atomic E-state index is 0.232. The highest BCUT2D eigenvalue weighted by molar-refractivity contribution is 5.46. The molecule has 2 aromatic heterocycles. The maximum absolute atomic E-state index is 13.3. The number of hydrogen-bond donors (Lipinski definition) is 0. The van der Waals surface area contributed by atoms with Crippen molar-refractivity contribution in [2.75, 3.05) is 0 Å². The molecular weight excluding hydrogens is 506 g/mol. The van der Waals surface area contributed by atoms with Crippen LogP contribution in [0, 0.1) is 0 Å². The Hall–Kier alpha value is -4.34. The molecule has 3 aromatic carbocycles. The summed E-state index contributed by atoms with van der Waals surface area (Å²) in [5.41, 5.74) is -0.308. The monoisotopic (exact) mass is 526 g/mol. The third-order valence-electron chi connectivity index (χ3n) is 6.43. The molecule has 0 aliphatic carbocycles. The summed E-state index contributed by atoms with van der Waals surface area (Å²) in [7, 11) is 0. The molecular formula is C28H20F6N4. The van der Waals surface area contributed by atoms with Gasteiger partial charge in [0.15, 0.2) is 0 Å². The van der Waals surface area contributed by atoms with Crippen molar-refractivity contribution < 1.29 is 26.3 Å². The van der Waals surface area contributed by atoms with Gasteiger partial charge in [-0.05, 0) is 61.0 Å². The van der Waals surface area contributed by atoms with Crippen LogP contribution in [0.5, 0.6) is 0 Å². The lowest BCUT2D eigenvalue weighted by atomic mass is 9.77. The molecule has 194 valence electrons. The Morgan fingerprint density at radius 2 is 0.947 bits per heavy atom. The average molecular weight is 526 g/mol. The van der Waals surface area contributed by atoms with E-state index >= 15 is 0 Å². The topological polar surface area (TPSA) is 35.6 Å². The number of alkyl halides is 6. The number of rotatable bonds is 5. The van der Waals surface area contributed by atoms with E-state index in [4.69, 9.17) is 0 Å². The average Bonchev–Trinajstić information content (AvgIpc) is 3.59. The molecule has 0 unspecified atom stereocenters. The first kappa shape index (κ1) is 25.3. The van der Waals surface area contributed by atoms with Gasteiger partial charge in [-0.25, -0.2) is 9.36 Å². The molecule has 4 nitrogen and oxygen atoms in total. The molecule has 0 spiro atoms. The third-order valence-corrected chi connectivity index (χ3v) is 6.43. The van der Waals surface area contributed by atoms with Gasteiger partial charge in [-0.15, -0.1) is 0 Å². The van der Waals surface area contributed by atoms with Crippen LogP contribution >= 0.6 is 0 Å². The number of nitrogens with zero attached hydrogens (tertiary/aromatic N) is 4. The second-order valence-corrected chi connectivity index (χ2v) is 8.88. The van der Waals surface area contributed by atoms with Crippen LogP contribution in [0.15, 0.2) is 103 Å². The van der Waals surface area contributed by atoms with E-state index in [1.165, 1.54) is 33.6 Å². The zero-order chi connectivity index (χ0) is 27.1. The minimum atomic E-state index is -4.50. The highest BCUT2D eigenvalue weighted by Crippen LogP contribution is 2.38. The molecule has 0 saturated heterocycles. The molecule has 0 aliphatic heterocycles. The predicted molar refractivity (Wildman–Crippen MR) is 129 cm³/mol. The summed E-state index contributed by atoms with van der Waals surface area (Å²) in [6, 6.07) is 22.3. The van der Waals surface area contributed by atoms with Gasteiger partial charge in [0.2, 0.25) is 0 Å². The molecule has 5 aromatic rings. The Morgan fingerprint density at radius 1 is 0.526 bits per heavy atom. The van der Waals surface area contributed by atoms with Crippen molar-refractivity contribution in [1.82, 2.24) is 19.6 Å². The second kappa shape index (κ2) is 9.20. The first-order valence-electron chi connectivity index (χ1n) is 11.5. The summed E-state index contributed by atoms with van der Waals surface area (Å²) in [5.74, 6) is 0. The van der Waals surface area contributed by atoms with Gasteiger partial charge in [-0.2, -0.15) is 36.5 Å². The van der Waals surface area contributed by atoms with E-state index in [0.29, 0.717) is 11.4 Å². The molecule has 0 saturated carbocycles. The van der Waals surface area contributed by atoms with Gasteiger partial charge in [0.25, 0.3) is 0 Å². The fraction of sp³-hybridized carbons (Fsp3) is 0.143. The van der Waals surface area contributed by atoms with Crippen molar-refractivity contribution in [1.29, 1.82) is 0 Å². The van der Waals surface area contributed by atoms with Crippen LogP contribution in [-0.4, -0.2) is 19.6 Å². The second-order valence-electron chi connectivity index (χ2n) is 8.88. The SMILES string of the molecule is CC(c1ccccc1)(c1ccn(-c2cccc(C(F)(F)F)c2)n1)c1ccn(-c2cccc(C(F)(F)F)c2)n1. The van der Waals surface area contributed by atoms with Crippen LogP contribution in [0.3, 0.4) is 0 Å². The molecule has 0 atom stereocenters. The fourth-order valence-corrected chi connectivity index (χ4v) is 4.32. The molecule has 2 heterocycles. The largest absolute Gasteiger partial charge is 0.416 e. The summed E-state index contributed by atoms with van der Waals surface area (Å²) in [4.78, 5) is 0. The first-order chi connectivity index (χ1) is 18.0. The minimum Gasteiger partial charge on any atom is -0.241 e. The van der Waals surface area contributed by atoms with Crippen molar-refractivity contribution in [3.8, 4) is 11.4 Å². The Morgan fingerprint density at radius 3 is 1.37 bits per heavy atom. The van der Waals surface area contributed by atoms with E-state index in [1.807, 2.05) is 37.3 Å². The van der Waals surface area contributed by atoms with Crippen molar-refractivity contribution in [2.45, 2.75) is 24.7 Å². The molecule has 5 rings (SSSR count). The van der Waals surface area contributed by atoms with Crippen LogP contribution < -0.4 is 0 Å². The molecule has 10 heteroatoms. The standard InChI is InChI=1S/C28H20F6N4/c1-26(19-7-3-2-4-8-19,24-13-15-37(35-24)22-11-5-9-20(17-22)27(29,30)31)25-14-16-38(36-25)23-12-6-10-21(18-23)28(32,33)34/h2-18H,1H3. The van der Waals surface area contributed by atoms with Crippen molar-refractivity contribution >= 4 is 0 Å². The van der Waals surface area contributed by atoms with Gasteiger partial charge in [0.1, 0.15) is 0 Å². The highest BCUT2D eigenvalue weighted by Gasteiger charge is 2.37. The maximum atomic E-state index is 13.3. The van der Waals surface area contributed by atoms with E-state index in [2.05, 4.69) is 10.2 Å². The molecule has 0 amide bonds. The molecule has 0 aliphatic rings. The van der Waals surface area contributed by atoms with Crippen molar-refractivity contribution in [3.05, 3.63) is 131 Å². The summed E-state index contributed by atoms with van der Waals surface area (Å²) in [6.45, 7) is 1.86. The number of hydrogen-bond acceptors (Lipinski definition) is 2.